The van der Waals surface area contributed by atoms with E-state index >= 15 is 0 Å². The number of hydrogen-bond acceptors (Lipinski definition) is 2. The number of carbonyl (C=O) groups is 1. The van der Waals surface area contributed by atoms with E-state index in [1.165, 1.54) is 12.1 Å². The Kier molecular flexibility index (Phi) is 3.79. The molecule has 1 aromatic rings. The highest BCUT2D eigenvalue weighted by Gasteiger charge is 2.28. The molecule has 1 aliphatic rings. The van der Waals surface area contributed by atoms with Gasteiger partial charge in [-0.1, -0.05) is 17.2 Å². The summed E-state index contributed by atoms with van der Waals surface area (Å²) in [5.41, 5.74) is 9.01. The zero-order chi connectivity index (χ0) is 13.0. The summed E-state index contributed by atoms with van der Waals surface area (Å²) in [6.07, 6.45) is 0.397. The van der Waals surface area contributed by atoms with Crippen molar-refractivity contribution in [3.63, 3.8) is 0 Å². The smallest absolute Gasteiger partial charge is 0.223 e. The predicted octanol–water partition coefficient (Wildman–Crippen LogP) is 2.48. The third-order valence-corrected chi connectivity index (χ3v) is 2.96. The number of rotatable bonds is 4. The monoisotopic (exact) mass is 248 g/mol. The number of benzene rings is 1. The maximum Gasteiger partial charge on any atom is 0.223 e. The Bertz CT molecular complexity index is 499. The number of carbonyl (C=O) groups excluding carboxylic acids is 1. The lowest BCUT2D eigenvalue weighted by atomic mass is 10.1. The van der Waals surface area contributed by atoms with Crippen molar-refractivity contribution in [1.82, 2.24) is 4.90 Å². The highest BCUT2D eigenvalue weighted by Crippen LogP contribution is 2.20. The van der Waals surface area contributed by atoms with Gasteiger partial charge >= 0.3 is 0 Å². The summed E-state index contributed by atoms with van der Waals surface area (Å²) in [6, 6.07) is 6.22. The molecule has 0 saturated carbocycles. The van der Waals surface area contributed by atoms with E-state index in [1.54, 1.807) is 17.0 Å². The van der Waals surface area contributed by atoms with Gasteiger partial charge in [-0.3, -0.25) is 4.79 Å². The number of nitrogens with zero attached hydrogens (tertiary/aromatic N) is 4. The summed E-state index contributed by atoms with van der Waals surface area (Å²) in [5.74, 6) is -0.205. The molecule has 1 heterocycles. The van der Waals surface area contributed by atoms with E-state index in [4.69, 9.17) is 5.53 Å². The molecule has 94 valence electrons. The molecule has 0 aliphatic carbocycles. The van der Waals surface area contributed by atoms with Crippen molar-refractivity contribution in [3.05, 3.63) is 46.1 Å². The molecule has 6 heteroatoms. The lowest BCUT2D eigenvalue weighted by Crippen LogP contribution is -2.24. The molecular formula is C12H13FN4O. The SMILES string of the molecule is [N-]=[N+]=NCC1CC(=O)N(Cc2cccc(F)c2)C1. The first-order valence-electron chi connectivity index (χ1n) is 5.72. The molecule has 1 aliphatic heterocycles. The van der Waals surface area contributed by atoms with Gasteiger partial charge in [-0.05, 0) is 29.1 Å². The topological polar surface area (TPSA) is 69.1 Å². The lowest BCUT2D eigenvalue weighted by Gasteiger charge is -2.16. The summed E-state index contributed by atoms with van der Waals surface area (Å²) in [4.78, 5) is 16.1. The van der Waals surface area contributed by atoms with Crippen molar-refractivity contribution in [2.45, 2.75) is 13.0 Å². The molecule has 1 aromatic carbocycles. The number of hydrogen-bond donors (Lipinski definition) is 0. The first kappa shape index (κ1) is 12.4. The van der Waals surface area contributed by atoms with Crippen LogP contribution in [0.4, 0.5) is 4.39 Å². The lowest BCUT2D eigenvalue weighted by molar-refractivity contribution is -0.128. The van der Waals surface area contributed by atoms with E-state index in [1.807, 2.05) is 0 Å². The van der Waals surface area contributed by atoms with Crippen molar-refractivity contribution >= 4 is 5.91 Å². The highest BCUT2D eigenvalue weighted by molar-refractivity contribution is 5.78. The molecule has 0 aromatic heterocycles. The average molecular weight is 248 g/mol. The largest absolute Gasteiger partial charge is 0.338 e. The summed E-state index contributed by atoms with van der Waals surface area (Å²) in [7, 11) is 0. The van der Waals surface area contributed by atoms with E-state index in [2.05, 4.69) is 10.0 Å². The summed E-state index contributed by atoms with van der Waals surface area (Å²) in [5, 5.41) is 3.49. The van der Waals surface area contributed by atoms with Gasteiger partial charge in [-0.15, -0.1) is 0 Å². The maximum atomic E-state index is 13.0. The molecule has 1 fully saturated rings. The van der Waals surface area contributed by atoms with Crippen molar-refractivity contribution in [2.75, 3.05) is 13.1 Å². The molecule has 0 bridgehead atoms. The van der Waals surface area contributed by atoms with Crippen molar-refractivity contribution in [2.24, 2.45) is 11.0 Å². The normalized spacial score (nSPS) is 18.8. The van der Waals surface area contributed by atoms with Gasteiger partial charge in [0.25, 0.3) is 0 Å². The molecule has 0 N–H and O–H groups in total. The van der Waals surface area contributed by atoms with Gasteiger partial charge in [-0.25, -0.2) is 4.39 Å². The summed E-state index contributed by atoms with van der Waals surface area (Å²) in [6.45, 7) is 1.31. The van der Waals surface area contributed by atoms with E-state index in [0.717, 1.165) is 5.56 Å². The van der Waals surface area contributed by atoms with Crippen LogP contribution in [0.5, 0.6) is 0 Å². The molecule has 1 atom stereocenters. The molecular weight excluding hydrogens is 235 g/mol. The Hall–Kier alpha value is -2.07. The number of azide groups is 1. The van der Waals surface area contributed by atoms with Crippen LogP contribution in [0.3, 0.4) is 0 Å². The fourth-order valence-corrected chi connectivity index (χ4v) is 2.14. The van der Waals surface area contributed by atoms with Crippen LogP contribution in [0, 0.1) is 11.7 Å². The van der Waals surface area contributed by atoms with E-state index in [-0.39, 0.29) is 17.6 Å². The van der Waals surface area contributed by atoms with Gasteiger partial charge in [-0.2, -0.15) is 0 Å². The first-order valence-corrected chi connectivity index (χ1v) is 5.72. The zero-order valence-electron chi connectivity index (χ0n) is 9.79. The zero-order valence-corrected chi connectivity index (χ0v) is 9.79. The van der Waals surface area contributed by atoms with Crippen LogP contribution in [0.2, 0.25) is 0 Å². The van der Waals surface area contributed by atoms with Crippen LogP contribution in [0.15, 0.2) is 29.4 Å². The van der Waals surface area contributed by atoms with Crippen LogP contribution in [0.1, 0.15) is 12.0 Å². The Morgan fingerprint density at radius 1 is 1.56 bits per heavy atom. The second-order valence-electron chi connectivity index (χ2n) is 4.39. The predicted molar refractivity (Wildman–Crippen MR) is 63.9 cm³/mol. The quantitative estimate of drug-likeness (QED) is 0.458. The van der Waals surface area contributed by atoms with Crippen molar-refractivity contribution in [3.8, 4) is 0 Å². The fourth-order valence-electron chi connectivity index (χ4n) is 2.14. The third-order valence-electron chi connectivity index (χ3n) is 2.96. The van der Waals surface area contributed by atoms with E-state index in [0.29, 0.717) is 26.1 Å². The molecule has 2 rings (SSSR count). The summed E-state index contributed by atoms with van der Waals surface area (Å²) >= 11 is 0. The molecule has 1 unspecified atom stereocenters. The molecule has 18 heavy (non-hydrogen) atoms. The standard InChI is InChI=1S/C12H13FN4O/c13-11-3-1-2-9(4-11)7-17-8-10(5-12(17)18)6-15-16-14/h1-4,10H,5-8H2. The van der Waals surface area contributed by atoms with Crippen LogP contribution >= 0.6 is 0 Å². The van der Waals surface area contributed by atoms with Crippen LogP contribution < -0.4 is 0 Å². The molecule has 0 spiro atoms. The third kappa shape index (κ3) is 2.99. The number of halogens is 1. The Morgan fingerprint density at radius 3 is 3.11 bits per heavy atom. The minimum absolute atomic E-state index is 0.0254. The second-order valence-corrected chi connectivity index (χ2v) is 4.39. The Morgan fingerprint density at radius 2 is 2.39 bits per heavy atom. The highest BCUT2D eigenvalue weighted by atomic mass is 19.1. The van der Waals surface area contributed by atoms with Crippen LogP contribution in [-0.4, -0.2) is 23.9 Å². The van der Waals surface area contributed by atoms with E-state index in [9.17, 15) is 9.18 Å². The number of likely N-dealkylation sites (tertiary alicyclic amines) is 1. The number of amides is 1. The second kappa shape index (κ2) is 5.51. The maximum absolute atomic E-state index is 13.0. The Balaban J connectivity index is 1.98. The molecule has 5 nitrogen and oxygen atoms in total. The molecule has 1 saturated heterocycles. The summed E-state index contributed by atoms with van der Waals surface area (Å²) < 4.78 is 13.0. The van der Waals surface area contributed by atoms with Crippen LogP contribution in [0.25, 0.3) is 10.4 Å². The van der Waals surface area contributed by atoms with Crippen molar-refractivity contribution in [1.29, 1.82) is 0 Å². The van der Waals surface area contributed by atoms with Crippen LogP contribution in [-0.2, 0) is 11.3 Å². The van der Waals surface area contributed by atoms with Gasteiger partial charge in [0.15, 0.2) is 0 Å². The van der Waals surface area contributed by atoms with Gasteiger partial charge in [0, 0.05) is 31.0 Å². The average Bonchev–Trinajstić information content (AvgIpc) is 2.68. The Labute approximate surface area is 104 Å². The van der Waals surface area contributed by atoms with E-state index < -0.39 is 0 Å². The van der Waals surface area contributed by atoms with Gasteiger partial charge in [0.05, 0.1) is 0 Å². The molecule has 0 radical (unpaired) electrons. The first-order chi connectivity index (χ1) is 8.69. The minimum atomic E-state index is -0.301. The minimum Gasteiger partial charge on any atom is -0.338 e. The van der Waals surface area contributed by atoms with Crippen molar-refractivity contribution < 1.29 is 9.18 Å². The van der Waals surface area contributed by atoms with Gasteiger partial charge < -0.3 is 4.90 Å². The fraction of sp³-hybridized carbons (Fsp3) is 0.417. The molecule has 1 amide bonds. The van der Waals surface area contributed by atoms with Gasteiger partial charge in [0.2, 0.25) is 5.91 Å². The van der Waals surface area contributed by atoms with Gasteiger partial charge in [0.1, 0.15) is 5.82 Å².